The van der Waals surface area contributed by atoms with E-state index in [1.165, 1.54) is 28.0 Å². The van der Waals surface area contributed by atoms with Crippen molar-refractivity contribution in [2.45, 2.75) is 6.67 Å². The number of carbonyl (C=O) groups excluding carboxylic acids is 1. The first kappa shape index (κ1) is 16.9. The Balaban J connectivity index is 1.67. The molecule has 3 heterocycles. The van der Waals surface area contributed by atoms with Crippen molar-refractivity contribution in [2.24, 2.45) is 4.99 Å². The number of benzene rings is 2. The lowest BCUT2D eigenvalue weighted by molar-refractivity contribution is -0.112. The van der Waals surface area contributed by atoms with Crippen molar-refractivity contribution < 1.29 is 9.18 Å². The van der Waals surface area contributed by atoms with Crippen molar-refractivity contribution in [3.05, 3.63) is 79.6 Å². The maximum atomic E-state index is 13.6. The third-order valence-corrected chi connectivity index (χ3v) is 6.12. The van der Waals surface area contributed by atoms with E-state index in [-0.39, 0.29) is 24.0 Å². The minimum atomic E-state index is -0.339. The summed E-state index contributed by atoms with van der Waals surface area (Å²) in [6, 6.07) is 13.6. The van der Waals surface area contributed by atoms with Gasteiger partial charge < -0.3 is 9.80 Å². The van der Waals surface area contributed by atoms with Gasteiger partial charge in [-0.15, -0.1) is 0 Å². The van der Waals surface area contributed by atoms with Crippen molar-refractivity contribution in [3.63, 3.8) is 0 Å². The quantitative estimate of drug-likeness (QED) is 0.625. The van der Waals surface area contributed by atoms with Crippen molar-refractivity contribution in [3.8, 4) is 0 Å². The van der Waals surface area contributed by atoms with Crippen LogP contribution in [0.15, 0.2) is 58.3 Å². The van der Waals surface area contributed by atoms with Crippen LogP contribution >= 0.6 is 11.3 Å². The lowest BCUT2D eigenvalue weighted by Gasteiger charge is -2.25. The lowest BCUT2D eigenvalue weighted by atomic mass is 10.1. The molecule has 0 aliphatic carbocycles. The van der Waals surface area contributed by atoms with Gasteiger partial charge in [-0.2, -0.15) is 0 Å². The first-order chi connectivity index (χ1) is 13.5. The summed E-state index contributed by atoms with van der Waals surface area (Å²) < 4.78 is 15.5. The summed E-state index contributed by atoms with van der Waals surface area (Å²) in [6.45, 7) is 0.583. The van der Waals surface area contributed by atoms with Gasteiger partial charge in [-0.25, -0.2) is 9.38 Å². The van der Waals surface area contributed by atoms with Gasteiger partial charge in [-0.3, -0.25) is 14.2 Å². The molecule has 0 unspecified atom stereocenters. The molecule has 0 radical (unpaired) electrons. The van der Waals surface area contributed by atoms with Crippen LogP contribution in [0, 0.1) is 5.82 Å². The van der Waals surface area contributed by atoms with Gasteiger partial charge in [-0.1, -0.05) is 35.6 Å². The number of thiazole rings is 1. The zero-order valence-electron chi connectivity index (χ0n) is 14.9. The molecule has 2 aliphatic rings. The Labute approximate surface area is 163 Å². The number of halogens is 1. The number of fused-ring (bicyclic) bond motifs is 2. The Hall–Kier alpha value is -3.26. The molecule has 0 N–H and O–H groups in total. The Kier molecular flexibility index (Phi) is 3.70. The van der Waals surface area contributed by atoms with Gasteiger partial charge in [0.25, 0.3) is 11.5 Å². The molecule has 1 amide bonds. The summed E-state index contributed by atoms with van der Waals surface area (Å²) in [5, 5.41) is 0. The minimum absolute atomic E-state index is 0.195. The van der Waals surface area contributed by atoms with E-state index >= 15 is 0 Å². The van der Waals surface area contributed by atoms with E-state index in [1.807, 2.05) is 29.2 Å². The number of amides is 1. The number of para-hydroxylation sites is 1. The Bertz CT molecular complexity index is 1310. The molecule has 28 heavy (non-hydrogen) atoms. The number of carbonyl (C=O) groups is 1. The SMILES string of the molecule is CN1C(=O)/C(=c2/sc3n(c2=O)CN(c2cccc(F)c2)CN=3)c2ccccc21. The van der Waals surface area contributed by atoms with Crippen LogP contribution in [0.25, 0.3) is 5.57 Å². The smallest absolute Gasteiger partial charge is 0.272 e. The van der Waals surface area contributed by atoms with Crippen LogP contribution in [0.3, 0.4) is 0 Å². The minimum Gasteiger partial charge on any atom is -0.333 e. The number of nitrogens with zero attached hydrogens (tertiary/aromatic N) is 4. The molecular formula is C20H15FN4O2S. The highest BCUT2D eigenvalue weighted by Crippen LogP contribution is 2.33. The molecule has 2 aliphatic heterocycles. The molecule has 0 fully saturated rings. The molecule has 0 atom stereocenters. The summed E-state index contributed by atoms with van der Waals surface area (Å²) >= 11 is 1.23. The second-order valence-electron chi connectivity index (χ2n) is 6.66. The summed E-state index contributed by atoms with van der Waals surface area (Å²) in [5.41, 5.74) is 2.37. The van der Waals surface area contributed by atoms with E-state index < -0.39 is 0 Å². The molecular weight excluding hydrogens is 379 g/mol. The van der Waals surface area contributed by atoms with Crippen LogP contribution in [-0.2, 0) is 11.5 Å². The molecule has 5 rings (SSSR count). The highest BCUT2D eigenvalue weighted by molar-refractivity contribution is 7.07. The molecule has 140 valence electrons. The fourth-order valence-corrected chi connectivity index (χ4v) is 4.64. The fraction of sp³-hybridized carbons (Fsp3) is 0.150. The van der Waals surface area contributed by atoms with Gasteiger partial charge in [0.2, 0.25) is 0 Å². The van der Waals surface area contributed by atoms with Crippen LogP contribution in [0.4, 0.5) is 15.8 Å². The largest absolute Gasteiger partial charge is 0.333 e. The molecule has 0 saturated heterocycles. The monoisotopic (exact) mass is 394 g/mol. The van der Waals surface area contributed by atoms with Gasteiger partial charge in [0.1, 0.15) is 23.7 Å². The average Bonchev–Trinajstić information content (AvgIpc) is 3.16. The number of rotatable bonds is 1. The predicted molar refractivity (Wildman–Crippen MR) is 105 cm³/mol. The van der Waals surface area contributed by atoms with E-state index in [0.29, 0.717) is 27.3 Å². The first-order valence-electron chi connectivity index (χ1n) is 8.71. The zero-order chi connectivity index (χ0) is 19.4. The summed E-state index contributed by atoms with van der Waals surface area (Å²) in [6.07, 6.45) is 0. The average molecular weight is 394 g/mol. The summed E-state index contributed by atoms with van der Waals surface area (Å²) in [4.78, 5) is 34.4. The third kappa shape index (κ3) is 2.41. The van der Waals surface area contributed by atoms with E-state index in [4.69, 9.17) is 0 Å². The maximum absolute atomic E-state index is 13.6. The van der Waals surface area contributed by atoms with Crippen LogP contribution in [-0.4, -0.2) is 24.2 Å². The lowest BCUT2D eigenvalue weighted by Crippen LogP contribution is -2.43. The van der Waals surface area contributed by atoms with E-state index in [9.17, 15) is 14.0 Å². The molecule has 0 saturated carbocycles. The second-order valence-corrected chi connectivity index (χ2v) is 7.64. The van der Waals surface area contributed by atoms with E-state index in [2.05, 4.69) is 4.99 Å². The van der Waals surface area contributed by atoms with Crippen molar-refractivity contribution >= 4 is 34.2 Å². The first-order valence-corrected chi connectivity index (χ1v) is 9.52. The van der Waals surface area contributed by atoms with Crippen molar-refractivity contribution in [1.82, 2.24) is 4.57 Å². The molecule has 3 aromatic rings. The van der Waals surface area contributed by atoms with Gasteiger partial charge in [0, 0.05) is 18.3 Å². The molecule has 1 aromatic heterocycles. The van der Waals surface area contributed by atoms with Gasteiger partial charge >= 0.3 is 0 Å². The van der Waals surface area contributed by atoms with Gasteiger partial charge in [0.15, 0.2) is 4.80 Å². The van der Waals surface area contributed by atoms with Crippen LogP contribution in [0.1, 0.15) is 5.56 Å². The zero-order valence-corrected chi connectivity index (χ0v) is 15.7. The van der Waals surface area contributed by atoms with Crippen molar-refractivity contribution in [2.75, 3.05) is 23.5 Å². The van der Waals surface area contributed by atoms with Crippen LogP contribution < -0.4 is 24.7 Å². The normalized spacial score (nSPS) is 17.4. The standard InChI is InChI=1S/C20H15FN4O2S/c1-23-15-8-3-2-7-14(15)16(18(23)26)17-19(27)25-11-24(10-22-20(25)28-17)13-6-4-5-12(21)9-13/h2-9H,10-11H2,1H3/b17-16+. The second kappa shape index (κ2) is 6.13. The summed E-state index contributed by atoms with van der Waals surface area (Å²) in [5.74, 6) is -0.534. The van der Waals surface area contributed by atoms with Gasteiger partial charge in [-0.05, 0) is 24.3 Å². The highest BCUT2D eigenvalue weighted by atomic mass is 32.1. The number of hydrogen-bond donors (Lipinski definition) is 0. The molecule has 2 aromatic carbocycles. The topological polar surface area (TPSA) is 57.9 Å². The van der Waals surface area contributed by atoms with Gasteiger partial charge in [0.05, 0.1) is 11.3 Å². The Morgan fingerprint density at radius 1 is 1.11 bits per heavy atom. The molecule has 8 heteroatoms. The Morgan fingerprint density at radius 3 is 2.75 bits per heavy atom. The number of hydrogen-bond acceptors (Lipinski definition) is 5. The van der Waals surface area contributed by atoms with Crippen molar-refractivity contribution in [1.29, 1.82) is 0 Å². The van der Waals surface area contributed by atoms with Crippen LogP contribution in [0.2, 0.25) is 0 Å². The summed E-state index contributed by atoms with van der Waals surface area (Å²) in [7, 11) is 1.70. The predicted octanol–water partition coefficient (Wildman–Crippen LogP) is 1.28. The number of anilines is 2. The molecule has 0 spiro atoms. The number of likely N-dealkylation sites (N-methyl/N-ethyl adjacent to an activating group) is 1. The fourth-order valence-electron chi connectivity index (χ4n) is 3.59. The van der Waals surface area contributed by atoms with E-state index in [0.717, 1.165) is 11.3 Å². The Morgan fingerprint density at radius 2 is 1.93 bits per heavy atom. The number of aromatic nitrogens is 1. The molecule has 0 bridgehead atoms. The molecule has 6 nitrogen and oxygen atoms in total. The van der Waals surface area contributed by atoms with Crippen LogP contribution in [0.5, 0.6) is 0 Å². The van der Waals surface area contributed by atoms with E-state index in [1.54, 1.807) is 24.1 Å². The third-order valence-electron chi connectivity index (χ3n) is 5.01. The highest BCUT2D eigenvalue weighted by Gasteiger charge is 2.32. The maximum Gasteiger partial charge on any atom is 0.272 e.